The molecule has 5 nitrogen and oxygen atoms in total. The van der Waals surface area contributed by atoms with Crippen molar-refractivity contribution in [2.75, 3.05) is 31.2 Å². The molecule has 0 saturated carbocycles. The Morgan fingerprint density at radius 1 is 1.62 bits per heavy atom. The lowest BCUT2D eigenvalue weighted by Gasteiger charge is -2.33. The molecule has 2 rings (SSSR count). The van der Waals surface area contributed by atoms with Crippen LogP contribution < -0.4 is 4.90 Å². The summed E-state index contributed by atoms with van der Waals surface area (Å²) in [4.78, 5) is 10.2. The zero-order chi connectivity index (χ0) is 11.5. The quantitative estimate of drug-likeness (QED) is 0.773. The van der Waals surface area contributed by atoms with E-state index in [0.717, 1.165) is 17.9 Å². The summed E-state index contributed by atoms with van der Waals surface area (Å²) in [5.74, 6) is 0.821. The van der Waals surface area contributed by atoms with Gasteiger partial charge in [-0.1, -0.05) is 11.6 Å². The summed E-state index contributed by atoms with van der Waals surface area (Å²) >= 11 is 5.94. The van der Waals surface area contributed by atoms with Crippen LogP contribution >= 0.6 is 11.6 Å². The number of aliphatic hydroxyl groups is 1. The Kier molecular flexibility index (Phi) is 3.58. The third kappa shape index (κ3) is 2.26. The number of halogens is 1. The largest absolute Gasteiger partial charge is 0.394 e. The van der Waals surface area contributed by atoms with Gasteiger partial charge < -0.3 is 14.7 Å². The number of anilines is 1. The van der Waals surface area contributed by atoms with Crippen molar-refractivity contribution in [3.63, 3.8) is 0 Å². The van der Waals surface area contributed by atoms with E-state index in [1.807, 2.05) is 6.92 Å². The van der Waals surface area contributed by atoms with Crippen LogP contribution in [0, 0.1) is 6.92 Å². The van der Waals surface area contributed by atoms with E-state index in [1.165, 1.54) is 6.33 Å². The maximum atomic E-state index is 9.07. The maximum Gasteiger partial charge on any atom is 0.137 e. The van der Waals surface area contributed by atoms with Gasteiger partial charge >= 0.3 is 0 Å². The predicted octanol–water partition coefficient (Wildman–Crippen LogP) is 0.636. The number of aliphatic hydroxyl groups excluding tert-OH is 1. The van der Waals surface area contributed by atoms with E-state index < -0.39 is 0 Å². The average molecular weight is 244 g/mol. The number of morpholine rings is 1. The molecule has 1 aromatic rings. The Bertz CT molecular complexity index is 375. The van der Waals surface area contributed by atoms with E-state index in [4.69, 9.17) is 21.4 Å². The first-order chi connectivity index (χ1) is 7.72. The fourth-order valence-corrected chi connectivity index (χ4v) is 1.89. The van der Waals surface area contributed by atoms with Crippen LogP contribution in [0.25, 0.3) is 0 Å². The molecular weight excluding hydrogens is 230 g/mol. The molecule has 1 saturated heterocycles. The van der Waals surface area contributed by atoms with Gasteiger partial charge in [-0.15, -0.1) is 0 Å². The highest BCUT2D eigenvalue weighted by molar-refractivity contribution is 6.30. The predicted molar refractivity (Wildman–Crippen MR) is 60.8 cm³/mol. The van der Waals surface area contributed by atoms with Crippen molar-refractivity contribution in [2.24, 2.45) is 0 Å². The molecule has 0 spiro atoms. The fraction of sp³-hybridized carbons (Fsp3) is 0.600. The highest BCUT2D eigenvalue weighted by Crippen LogP contribution is 2.23. The van der Waals surface area contributed by atoms with Gasteiger partial charge in [0.2, 0.25) is 0 Å². The molecule has 1 aliphatic heterocycles. The first-order valence-electron chi connectivity index (χ1n) is 5.17. The maximum absolute atomic E-state index is 9.07. The first-order valence-corrected chi connectivity index (χ1v) is 5.54. The summed E-state index contributed by atoms with van der Waals surface area (Å²) in [6, 6.07) is 0. The zero-order valence-corrected chi connectivity index (χ0v) is 9.81. The molecule has 0 aliphatic carbocycles. The van der Waals surface area contributed by atoms with Crippen LogP contribution in [-0.4, -0.2) is 47.5 Å². The summed E-state index contributed by atoms with van der Waals surface area (Å²) in [5, 5.41) is 9.54. The van der Waals surface area contributed by atoms with Crippen LogP contribution in [0.15, 0.2) is 6.33 Å². The minimum atomic E-state index is -0.151. The number of hydrogen-bond donors (Lipinski definition) is 1. The van der Waals surface area contributed by atoms with Crippen molar-refractivity contribution < 1.29 is 9.84 Å². The highest BCUT2D eigenvalue weighted by atomic mass is 35.5. The lowest BCUT2D eigenvalue weighted by Crippen LogP contribution is -2.44. The molecule has 1 aromatic heterocycles. The Balaban J connectivity index is 2.20. The molecule has 0 amide bonds. The molecule has 1 N–H and O–H groups in total. The lowest BCUT2D eigenvalue weighted by atomic mass is 10.2. The third-order valence-electron chi connectivity index (χ3n) is 2.64. The summed E-state index contributed by atoms with van der Waals surface area (Å²) in [5.41, 5.74) is 0.864. The van der Waals surface area contributed by atoms with Gasteiger partial charge in [-0.3, -0.25) is 0 Å². The minimum Gasteiger partial charge on any atom is -0.394 e. The second-order valence-corrected chi connectivity index (χ2v) is 4.09. The second kappa shape index (κ2) is 4.95. The highest BCUT2D eigenvalue weighted by Gasteiger charge is 2.22. The van der Waals surface area contributed by atoms with Crippen molar-refractivity contribution >= 4 is 17.4 Å². The molecule has 1 atom stereocenters. The Morgan fingerprint density at radius 3 is 3.19 bits per heavy atom. The number of rotatable bonds is 2. The van der Waals surface area contributed by atoms with Crippen LogP contribution in [0.4, 0.5) is 5.82 Å². The van der Waals surface area contributed by atoms with Gasteiger partial charge in [-0.05, 0) is 6.92 Å². The van der Waals surface area contributed by atoms with Crippen molar-refractivity contribution in [1.29, 1.82) is 0 Å². The standard InChI is InChI=1S/C10H14ClN3O2/c1-7-9(11)12-6-13-10(7)14-2-3-16-8(4-14)5-15/h6,8,15H,2-5H2,1H3. The van der Waals surface area contributed by atoms with E-state index in [9.17, 15) is 0 Å². The van der Waals surface area contributed by atoms with Gasteiger partial charge in [-0.2, -0.15) is 0 Å². The lowest BCUT2D eigenvalue weighted by molar-refractivity contribution is 0.00332. The van der Waals surface area contributed by atoms with Crippen molar-refractivity contribution in [1.82, 2.24) is 9.97 Å². The van der Waals surface area contributed by atoms with Gasteiger partial charge in [0.15, 0.2) is 0 Å². The SMILES string of the molecule is Cc1c(Cl)ncnc1N1CCOC(CO)C1. The average Bonchev–Trinajstić information content (AvgIpc) is 2.33. The first kappa shape index (κ1) is 11.6. The Hall–Kier alpha value is -0.910. The van der Waals surface area contributed by atoms with Gasteiger partial charge in [0.1, 0.15) is 17.3 Å². The van der Waals surface area contributed by atoms with E-state index in [1.54, 1.807) is 0 Å². The van der Waals surface area contributed by atoms with Crippen LogP contribution in [0.2, 0.25) is 5.15 Å². The van der Waals surface area contributed by atoms with Crippen LogP contribution in [-0.2, 0) is 4.74 Å². The fourth-order valence-electron chi connectivity index (χ4n) is 1.76. The molecule has 88 valence electrons. The van der Waals surface area contributed by atoms with Crippen molar-refractivity contribution in [3.05, 3.63) is 17.0 Å². The zero-order valence-electron chi connectivity index (χ0n) is 9.06. The van der Waals surface area contributed by atoms with Gasteiger partial charge in [0.05, 0.1) is 19.3 Å². The van der Waals surface area contributed by atoms with Gasteiger partial charge in [0, 0.05) is 18.7 Å². The molecule has 16 heavy (non-hydrogen) atoms. The third-order valence-corrected chi connectivity index (χ3v) is 3.02. The molecule has 6 heteroatoms. The normalized spacial score (nSPS) is 21.2. The van der Waals surface area contributed by atoms with Crippen molar-refractivity contribution in [3.8, 4) is 0 Å². The smallest absolute Gasteiger partial charge is 0.137 e. The van der Waals surface area contributed by atoms with E-state index in [2.05, 4.69) is 14.9 Å². The van der Waals surface area contributed by atoms with Crippen LogP contribution in [0.5, 0.6) is 0 Å². The topological polar surface area (TPSA) is 58.5 Å². The molecule has 1 fully saturated rings. The van der Waals surface area contributed by atoms with Crippen LogP contribution in [0.1, 0.15) is 5.56 Å². The summed E-state index contributed by atoms with van der Waals surface area (Å²) in [6.45, 7) is 3.89. The van der Waals surface area contributed by atoms with E-state index in [0.29, 0.717) is 18.3 Å². The Morgan fingerprint density at radius 2 is 2.44 bits per heavy atom. The van der Waals surface area contributed by atoms with E-state index >= 15 is 0 Å². The monoisotopic (exact) mass is 243 g/mol. The van der Waals surface area contributed by atoms with Gasteiger partial charge in [0.25, 0.3) is 0 Å². The molecule has 0 radical (unpaired) electrons. The second-order valence-electron chi connectivity index (χ2n) is 3.73. The molecule has 2 heterocycles. The number of ether oxygens (including phenoxy) is 1. The van der Waals surface area contributed by atoms with Crippen molar-refractivity contribution in [2.45, 2.75) is 13.0 Å². The number of aromatic nitrogens is 2. The molecular formula is C10H14ClN3O2. The summed E-state index contributed by atoms with van der Waals surface area (Å²) in [7, 11) is 0. The summed E-state index contributed by atoms with van der Waals surface area (Å²) < 4.78 is 5.38. The molecule has 0 aromatic carbocycles. The van der Waals surface area contributed by atoms with Gasteiger partial charge in [-0.25, -0.2) is 9.97 Å². The molecule has 1 unspecified atom stereocenters. The minimum absolute atomic E-state index is 0.0222. The summed E-state index contributed by atoms with van der Waals surface area (Å²) in [6.07, 6.45) is 1.30. The number of hydrogen-bond acceptors (Lipinski definition) is 5. The Labute approximate surface area is 99.0 Å². The molecule has 0 bridgehead atoms. The molecule has 1 aliphatic rings. The number of nitrogens with zero attached hydrogens (tertiary/aromatic N) is 3. The van der Waals surface area contributed by atoms with Crippen LogP contribution in [0.3, 0.4) is 0 Å². The van der Waals surface area contributed by atoms with E-state index in [-0.39, 0.29) is 12.7 Å².